The van der Waals surface area contributed by atoms with Crippen LogP contribution >= 0.6 is 0 Å². The van der Waals surface area contributed by atoms with E-state index in [4.69, 9.17) is 4.74 Å². The van der Waals surface area contributed by atoms with E-state index in [0.29, 0.717) is 6.54 Å². The number of benzene rings is 1. The quantitative estimate of drug-likeness (QED) is 0.875. The lowest BCUT2D eigenvalue weighted by Crippen LogP contribution is -2.38. The van der Waals surface area contributed by atoms with Crippen LogP contribution in [-0.2, 0) is 4.74 Å². The highest BCUT2D eigenvalue weighted by molar-refractivity contribution is 5.68. The molecule has 0 aliphatic heterocycles. The largest absolute Gasteiger partial charge is 0.444 e. The zero-order valence-electron chi connectivity index (χ0n) is 13.8. The third-order valence-electron chi connectivity index (χ3n) is 2.85. The SMILES string of the molecule is CC(CNC(=O)OC(C)(C)C)Nc1ccccc1-n1cnnn1. The van der Waals surface area contributed by atoms with Crippen molar-refractivity contribution in [1.29, 1.82) is 0 Å². The van der Waals surface area contributed by atoms with Crippen molar-refractivity contribution in [3.63, 3.8) is 0 Å². The van der Waals surface area contributed by atoms with Gasteiger partial charge in [0.05, 0.1) is 11.4 Å². The minimum absolute atomic E-state index is 0.000138. The normalized spacial score (nSPS) is 12.5. The fourth-order valence-corrected chi connectivity index (χ4v) is 1.93. The highest BCUT2D eigenvalue weighted by Gasteiger charge is 2.16. The smallest absolute Gasteiger partial charge is 0.407 e. The van der Waals surface area contributed by atoms with E-state index in [0.717, 1.165) is 11.4 Å². The minimum Gasteiger partial charge on any atom is -0.444 e. The van der Waals surface area contributed by atoms with E-state index in [1.807, 2.05) is 52.0 Å². The Morgan fingerprint density at radius 3 is 2.74 bits per heavy atom. The van der Waals surface area contributed by atoms with E-state index in [1.54, 1.807) is 4.68 Å². The van der Waals surface area contributed by atoms with Crippen molar-refractivity contribution >= 4 is 11.8 Å². The van der Waals surface area contributed by atoms with Crippen LogP contribution in [0.4, 0.5) is 10.5 Å². The number of anilines is 1. The zero-order chi connectivity index (χ0) is 16.9. The molecule has 0 saturated heterocycles. The van der Waals surface area contributed by atoms with Gasteiger partial charge in [0.15, 0.2) is 0 Å². The standard InChI is InChI=1S/C15H22N6O2/c1-11(9-16-14(22)23-15(2,3)4)18-12-7-5-6-8-13(12)21-10-17-19-20-21/h5-8,10-11,18H,9H2,1-4H3,(H,16,22). The Morgan fingerprint density at radius 2 is 2.09 bits per heavy atom. The summed E-state index contributed by atoms with van der Waals surface area (Å²) in [6, 6.07) is 7.67. The summed E-state index contributed by atoms with van der Waals surface area (Å²) < 4.78 is 6.79. The first-order chi connectivity index (χ1) is 10.8. The van der Waals surface area contributed by atoms with Gasteiger partial charge < -0.3 is 15.4 Å². The molecule has 0 fully saturated rings. The number of amides is 1. The van der Waals surface area contributed by atoms with Crippen LogP contribution in [0.2, 0.25) is 0 Å². The molecule has 0 bridgehead atoms. The molecule has 0 aliphatic carbocycles. The van der Waals surface area contributed by atoms with Crippen LogP contribution in [0.1, 0.15) is 27.7 Å². The van der Waals surface area contributed by atoms with Crippen molar-refractivity contribution in [2.24, 2.45) is 0 Å². The van der Waals surface area contributed by atoms with E-state index >= 15 is 0 Å². The number of nitrogens with one attached hydrogen (secondary N) is 2. The molecular weight excluding hydrogens is 296 g/mol. The van der Waals surface area contributed by atoms with Crippen LogP contribution in [-0.4, -0.2) is 44.5 Å². The summed E-state index contributed by atoms with van der Waals surface area (Å²) in [4.78, 5) is 11.7. The van der Waals surface area contributed by atoms with Gasteiger partial charge in [0.2, 0.25) is 0 Å². The summed E-state index contributed by atoms with van der Waals surface area (Å²) in [5.41, 5.74) is 1.20. The number of hydrogen-bond donors (Lipinski definition) is 2. The molecule has 1 aromatic carbocycles. The lowest BCUT2D eigenvalue weighted by molar-refractivity contribution is 0.0526. The predicted molar refractivity (Wildman–Crippen MR) is 86.5 cm³/mol. The van der Waals surface area contributed by atoms with E-state index in [9.17, 15) is 4.79 Å². The number of para-hydroxylation sites is 2. The van der Waals surface area contributed by atoms with Gasteiger partial charge in [0.1, 0.15) is 11.9 Å². The monoisotopic (exact) mass is 318 g/mol. The van der Waals surface area contributed by atoms with Gasteiger partial charge in [0, 0.05) is 12.6 Å². The second-order valence-corrected chi connectivity index (χ2v) is 6.20. The molecule has 124 valence electrons. The zero-order valence-corrected chi connectivity index (χ0v) is 13.8. The van der Waals surface area contributed by atoms with Gasteiger partial charge in [-0.1, -0.05) is 12.1 Å². The Balaban J connectivity index is 1.94. The second kappa shape index (κ2) is 7.08. The summed E-state index contributed by atoms with van der Waals surface area (Å²) in [6.07, 6.45) is 1.10. The van der Waals surface area contributed by atoms with Crippen LogP contribution < -0.4 is 10.6 Å². The molecule has 1 unspecified atom stereocenters. The highest BCUT2D eigenvalue weighted by Crippen LogP contribution is 2.19. The Bertz CT molecular complexity index is 636. The molecule has 1 aromatic heterocycles. The van der Waals surface area contributed by atoms with Crippen molar-refractivity contribution < 1.29 is 9.53 Å². The molecule has 0 radical (unpaired) electrons. The first kappa shape index (κ1) is 16.7. The molecule has 23 heavy (non-hydrogen) atoms. The van der Waals surface area contributed by atoms with Crippen molar-refractivity contribution in [3.8, 4) is 5.69 Å². The number of carbonyl (C=O) groups excluding carboxylic acids is 1. The maximum absolute atomic E-state index is 11.7. The van der Waals surface area contributed by atoms with Crippen molar-refractivity contribution in [1.82, 2.24) is 25.5 Å². The number of carbonyl (C=O) groups is 1. The van der Waals surface area contributed by atoms with Gasteiger partial charge >= 0.3 is 6.09 Å². The number of hydrogen-bond acceptors (Lipinski definition) is 6. The van der Waals surface area contributed by atoms with Crippen LogP contribution in [0.25, 0.3) is 5.69 Å². The molecule has 2 aromatic rings. The number of alkyl carbamates (subject to hydrolysis) is 1. The first-order valence-corrected chi connectivity index (χ1v) is 7.41. The van der Waals surface area contributed by atoms with Gasteiger partial charge in [0.25, 0.3) is 0 Å². The number of tetrazole rings is 1. The van der Waals surface area contributed by atoms with Gasteiger partial charge in [-0.3, -0.25) is 0 Å². The summed E-state index contributed by atoms with van der Waals surface area (Å²) in [7, 11) is 0. The summed E-state index contributed by atoms with van der Waals surface area (Å²) >= 11 is 0. The lowest BCUT2D eigenvalue weighted by atomic mass is 10.2. The van der Waals surface area contributed by atoms with Gasteiger partial charge in [-0.2, -0.15) is 4.68 Å². The Labute approximate surface area is 135 Å². The molecule has 2 rings (SSSR count). The summed E-state index contributed by atoms with van der Waals surface area (Å²) in [5.74, 6) is 0. The molecular formula is C15H22N6O2. The fraction of sp³-hybridized carbons (Fsp3) is 0.467. The third kappa shape index (κ3) is 5.24. The fourth-order valence-electron chi connectivity index (χ4n) is 1.93. The average Bonchev–Trinajstić information content (AvgIpc) is 2.98. The number of rotatable bonds is 5. The topological polar surface area (TPSA) is 94.0 Å². The molecule has 1 atom stereocenters. The van der Waals surface area contributed by atoms with E-state index in [2.05, 4.69) is 26.2 Å². The summed E-state index contributed by atoms with van der Waals surface area (Å²) in [6.45, 7) is 7.89. The molecule has 1 amide bonds. The molecule has 2 N–H and O–H groups in total. The Kier molecular flexibility index (Phi) is 5.15. The van der Waals surface area contributed by atoms with Crippen LogP contribution in [0.15, 0.2) is 30.6 Å². The van der Waals surface area contributed by atoms with Crippen LogP contribution in [0.5, 0.6) is 0 Å². The second-order valence-electron chi connectivity index (χ2n) is 6.20. The van der Waals surface area contributed by atoms with E-state index in [1.165, 1.54) is 6.33 Å². The van der Waals surface area contributed by atoms with Crippen molar-refractivity contribution in [3.05, 3.63) is 30.6 Å². The molecule has 8 nitrogen and oxygen atoms in total. The average molecular weight is 318 g/mol. The minimum atomic E-state index is -0.507. The molecule has 0 spiro atoms. The Morgan fingerprint density at radius 1 is 1.35 bits per heavy atom. The van der Waals surface area contributed by atoms with E-state index < -0.39 is 11.7 Å². The Hall–Kier alpha value is -2.64. The molecule has 0 aliphatic rings. The molecule has 1 heterocycles. The van der Waals surface area contributed by atoms with Crippen molar-refractivity contribution in [2.75, 3.05) is 11.9 Å². The number of aromatic nitrogens is 4. The lowest BCUT2D eigenvalue weighted by Gasteiger charge is -2.22. The van der Waals surface area contributed by atoms with Crippen LogP contribution in [0, 0.1) is 0 Å². The predicted octanol–water partition coefficient (Wildman–Crippen LogP) is 1.99. The number of nitrogens with zero attached hydrogens (tertiary/aromatic N) is 4. The maximum Gasteiger partial charge on any atom is 0.407 e. The van der Waals surface area contributed by atoms with E-state index in [-0.39, 0.29) is 6.04 Å². The first-order valence-electron chi connectivity index (χ1n) is 7.41. The van der Waals surface area contributed by atoms with Gasteiger partial charge in [-0.25, -0.2) is 4.79 Å². The van der Waals surface area contributed by atoms with Crippen LogP contribution in [0.3, 0.4) is 0 Å². The molecule has 0 saturated carbocycles. The highest BCUT2D eigenvalue weighted by atomic mass is 16.6. The summed E-state index contributed by atoms with van der Waals surface area (Å²) in [5, 5.41) is 17.3. The third-order valence-corrected chi connectivity index (χ3v) is 2.85. The molecule has 8 heteroatoms. The van der Waals surface area contributed by atoms with Crippen molar-refractivity contribution in [2.45, 2.75) is 39.3 Å². The number of ether oxygens (including phenoxy) is 1. The van der Waals surface area contributed by atoms with Gasteiger partial charge in [-0.15, -0.1) is 5.10 Å². The van der Waals surface area contributed by atoms with Gasteiger partial charge in [-0.05, 0) is 50.3 Å². The maximum atomic E-state index is 11.7.